The number of aliphatic hydroxyl groups is 1. The van der Waals surface area contributed by atoms with E-state index in [1.807, 2.05) is 44.2 Å². The van der Waals surface area contributed by atoms with Crippen LogP contribution < -0.4 is 15.4 Å². The second-order valence-corrected chi connectivity index (χ2v) is 20.0. The van der Waals surface area contributed by atoms with E-state index in [0.29, 0.717) is 18.0 Å². The summed E-state index contributed by atoms with van der Waals surface area (Å²) in [7, 11) is -7.13. The lowest BCUT2D eigenvalue weighted by Crippen LogP contribution is -2.55. The van der Waals surface area contributed by atoms with Crippen molar-refractivity contribution in [2.45, 2.75) is 115 Å². The number of sulfonamides is 1. The molecule has 0 radical (unpaired) electrons. The zero-order valence-corrected chi connectivity index (χ0v) is 32.2. The lowest BCUT2D eigenvalue weighted by molar-refractivity contribution is -0.131. The summed E-state index contributed by atoms with van der Waals surface area (Å²) in [6, 6.07) is 7.45. The third kappa shape index (κ3) is 13.7. The number of carbonyl (C=O) groups is 2. The standard InChI is InChI=1S/C36H59N5O7S2/c1-25(2)28(21-39-49(6,45)46)19-33(42)31(18-27-15-11-8-12-16-27)40-35(44)32(20-30-22-37-24-38-30)41-34(43)29(17-26-13-9-7-10-14-26)23-50(47,48)36(3,4)5/h7,9-10,13-14,22,24-25,27-29,31-33,39,42H,8,11-12,15-21,23H2,1-6H3,(H,37,38)(H,40,44)(H,41,43)/t28-,29?,31+,32+,33+/m1/s1. The van der Waals surface area contributed by atoms with Crippen molar-refractivity contribution in [2.75, 3.05) is 18.6 Å². The number of imidazole rings is 1. The highest BCUT2D eigenvalue weighted by Gasteiger charge is 2.37. The molecule has 1 heterocycles. The molecule has 282 valence electrons. The fraction of sp³-hybridized carbons (Fsp3) is 0.694. The molecule has 12 nitrogen and oxygen atoms in total. The molecule has 0 bridgehead atoms. The molecule has 0 spiro atoms. The Kier molecular flexibility index (Phi) is 15.5. The van der Waals surface area contributed by atoms with E-state index in [0.717, 1.165) is 43.9 Å². The molecule has 0 aliphatic heterocycles. The van der Waals surface area contributed by atoms with Crippen LogP contribution in [0.5, 0.6) is 0 Å². The molecule has 1 saturated carbocycles. The van der Waals surface area contributed by atoms with Crippen LogP contribution in [0.2, 0.25) is 0 Å². The van der Waals surface area contributed by atoms with Crippen LogP contribution in [0.25, 0.3) is 0 Å². The van der Waals surface area contributed by atoms with Crippen molar-refractivity contribution in [1.29, 1.82) is 0 Å². The average Bonchev–Trinajstić information content (AvgIpc) is 3.55. The summed E-state index contributed by atoms with van der Waals surface area (Å²) in [4.78, 5) is 35.2. The summed E-state index contributed by atoms with van der Waals surface area (Å²) >= 11 is 0. The first-order valence-corrected chi connectivity index (χ1v) is 21.4. The quantitative estimate of drug-likeness (QED) is 0.145. The van der Waals surface area contributed by atoms with Gasteiger partial charge in [-0.2, -0.15) is 0 Å². The molecule has 14 heteroatoms. The highest BCUT2D eigenvalue weighted by Crippen LogP contribution is 2.30. The molecule has 50 heavy (non-hydrogen) atoms. The largest absolute Gasteiger partial charge is 0.391 e. The third-order valence-electron chi connectivity index (χ3n) is 9.86. The van der Waals surface area contributed by atoms with Gasteiger partial charge in [-0.3, -0.25) is 9.59 Å². The number of benzene rings is 1. The molecular weight excluding hydrogens is 679 g/mol. The number of H-pyrrole nitrogens is 1. The fourth-order valence-corrected chi connectivity index (χ4v) is 8.27. The lowest BCUT2D eigenvalue weighted by Gasteiger charge is -2.34. The van der Waals surface area contributed by atoms with Crippen LogP contribution in [0.3, 0.4) is 0 Å². The molecule has 5 N–H and O–H groups in total. The normalized spacial score (nSPS) is 17.8. The third-order valence-corrected chi connectivity index (χ3v) is 13.3. The van der Waals surface area contributed by atoms with Gasteiger partial charge in [-0.15, -0.1) is 0 Å². The van der Waals surface area contributed by atoms with Crippen molar-refractivity contribution in [3.63, 3.8) is 0 Å². The molecule has 1 aliphatic carbocycles. The van der Waals surface area contributed by atoms with Crippen molar-refractivity contribution >= 4 is 31.7 Å². The maximum Gasteiger partial charge on any atom is 0.243 e. The Hall–Kier alpha value is -2.81. The van der Waals surface area contributed by atoms with Gasteiger partial charge in [0.15, 0.2) is 9.84 Å². The Morgan fingerprint density at radius 1 is 0.980 bits per heavy atom. The molecule has 1 fully saturated rings. The van der Waals surface area contributed by atoms with Crippen molar-refractivity contribution in [3.05, 3.63) is 54.1 Å². The minimum Gasteiger partial charge on any atom is -0.391 e. The SMILES string of the molecule is CC(C)[C@@H](CNS(C)(=O)=O)C[C@H](O)[C@H](CC1CCCCC1)NC(=O)[C@H](Cc1cnc[nH]1)NC(=O)C(Cc1ccccc1)CS(=O)(=O)C(C)(C)C. The van der Waals surface area contributed by atoms with Crippen LogP contribution in [0, 0.1) is 23.7 Å². The molecule has 1 aromatic heterocycles. The first-order chi connectivity index (χ1) is 23.3. The van der Waals surface area contributed by atoms with Crippen molar-refractivity contribution in [2.24, 2.45) is 23.7 Å². The molecular formula is C36H59N5O7S2. The number of aromatic amines is 1. The Morgan fingerprint density at radius 2 is 1.64 bits per heavy atom. The van der Waals surface area contributed by atoms with Crippen LogP contribution in [-0.2, 0) is 42.3 Å². The average molecular weight is 738 g/mol. The predicted molar refractivity (Wildman–Crippen MR) is 196 cm³/mol. The zero-order chi connectivity index (χ0) is 37.1. The van der Waals surface area contributed by atoms with Crippen molar-refractivity contribution in [3.8, 4) is 0 Å². The van der Waals surface area contributed by atoms with Gasteiger partial charge in [-0.25, -0.2) is 26.5 Å². The van der Waals surface area contributed by atoms with Gasteiger partial charge in [0.05, 0.1) is 41.1 Å². The van der Waals surface area contributed by atoms with Gasteiger partial charge in [0, 0.05) is 24.9 Å². The van der Waals surface area contributed by atoms with E-state index in [9.17, 15) is 31.5 Å². The number of nitrogens with one attached hydrogen (secondary N) is 4. The van der Waals surface area contributed by atoms with E-state index in [1.54, 1.807) is 27.0 Å². The molecule has 3 rings (SSSR count). The molecule has 2 aromatic rings. The van der Waals surface area contributed by atoms with E-state index in [1.165, 1.54) is 6.33 Å². The van der Waals surface area contributed by atoms with Crippen LogP contribution >= 0.6 is 0 Å². The maximum atomic E-state index is 14.2. The number of hydrogen-bond acceptors (Lipinski definition) is 8. The summed E-state index contributed by atoms with van der Waals surface area (Å²) in [5.41, 5.74) is 1.40. The molecule has 0 saturated heterocycles. The van der Waals surface area contributed by atoms with Crippen LogP contribution in [0.1, 0.15) is 90.8 Å². The van der Waals surface area contributed by atoms with Gasteiger partial charge >= 0.3 is 0 Å². The fourth-order valence-electron chi connectivity index (χ4n) is 6.46. The molecule has 1 aliphatic rings. The number of hydrogen-bond donors (Lipinski definition) is 5. The number of carbonyl (C=O) groups excluding carboxylic acids is 2. The summed E-state index contributed by atoms with van der Waals surface area (Å²) in [5, 5.41) is 17.6. The van der Waals surface area contributed by atoms with Gasteiger partial charge in [0.1, 0.15) is 6.04 Å². The van der Waals surface area contributed by atoms with E-state index in [2.05, 4.69) is 25.3 Å². The molecule has 2 amide bonds. The minimum absolute atomic E-state index is 0.0586. The first-order valence-electron chi connectivity index (χ1n) is 17.8. The Morgan fingerprint density at radius 3 is 2.20 bits per heavy atom. The molecule has 1 unspecified atom stereocenters. The number of nitrogens with zero attached hydrogens (tertiary/aromatic N) is 1. The van der Waals surface area contributed by atoms with Crippen LogP contribution in [0.4, 0.5) is 0 Å². The number of rotatable bonds is 19. The second-order valence-electron chi connectivity index (χ2n) is 15.4. The summed E-state index contributed by atoms with van der Waals surface area (Å²) in [5.74, 6) is -2.24. The monoisotopic (exact) mass is 737 g/mol. The Bertz CT molecular complexity index is 1550. The zero-order valence-electron chi connectivity index (χ0n) is 30.5. The number of amides is 2. The molecule has 1 aromatic carbocycles. The van der Waals surface area contributed by atoms with Gasteiger partial charge in [0.25, 0.3) is 0 Å². The Labute approximate surface area is 299 Å². The van der Waals surface area contributed by atoms with Gasteiger partial charge in [-0.1, -0.05) is 76.3 Å². The van der Waals surface area contributed by atoms with Gasteiger partial charge < -0.3 is 20.7 Å². The first kappa shape index (κ1) is 41.6. The number of sulfone groups is 1. The van der Waals surface area contributed by atoms with Gasteiger partial charge in [-0.05, 0) is 63.4 Å². The molecule has 5 atom stereocenters. The highest BCUT2D eigenvalue weighted by molar-refractivity contribution is 7.92. The van der Waals surface area contributed by atoms with Crippen molar-refractivity contribution < 1.29 is 31.5 Å². The van der Waals surface area contributed by atoms with Crippen molar-refractivity contribution in [1.82, 2.24) is 25.3 Å². The van der Waals surface area contributed by atoms with E-state index in [4.69, 9.17) is 0 Å². The van der Waals surface area contributed by atoms with E-state index < -0.39 is 66.3 Å². The number of aromatic nitrogens is 2. The summed E-state index contributed by atoms with van der Waals surface area (Å²) < 4.78 is 51.9. The highest BCUT2D eigenvalue weighted by atomic mass is 32.2. The second kappa shape index (κ2) is 18.6. The Balaban J connectivity index is 1.89. The predicted octanol–water partition coefficient (Wildman–Crippen LogP) is 3.54. The smallest absolute Gasteiger partial charge is 0.243 e. The summed E-state index contributed by atoms with van der Waals surface area (Å²) in [6.45, 7) is 8.92. The lowest BCUT2D eigenvalue weighted by atomic mass is 9.81. The summed E-state index contributed by atoms with van der Waals surface area (Å²) in [6.07, 6.45) is 9.49. The number of aliphatic hydroxyl groups excluding tert-OH is 1. The van der Waals surface area contributed by atoms with Gasteiger partial charge in [0.2, 0.25) is 21.8 Å². The van der Waals surface area contributed by atoms with Crippen LogP contribution in [-0.4, -0.2) is 85.2 Å². The van der Waals surface area contributed by atoms with E-state index >= 15 is 0 Å². The maximum absolute atomic E-state index is 14.2. The van der Waals surface area contributed by atoms with E-state index in [-0.39, 0.29) is 37.6 Å². The minimum atomic E-state index is -3.70. The van der Waals surface area contributed by atoms with Crippen LogP contribution in [0.15, 0.2) is 42.9 Å². The topological polar surface area (TPSA) is 187 Å².